The lowest BCUT2D eigenvalue weighted by Gasteiger charge is -2.11. The van der Waals surface area contributed by atoms with Gasteiger partial charge in [-0.1, -0.05) is 12.1 Å². The van der Waals surface area contributed by atoms with Gasteiger partial charge in [0.1, 0.15) is 0 Å². The lowest BCUT2D eigenvalue weighted by molar-refractivity contribution is -0.123. The van der Waals surface area contributed by atoms with Gasteiger partial charge >= 0.3 is 0 Å². The molecule has 2 amide bonds. The first kappa shape index (κ1) is 22.5. The SMILES string of the molecule is CCNC(=O)COc1ccc(/C=N\NC(=O)COc2ccccc2OC)cc1OC. The Morgan fingerprint density at radius 2 is 1.53 bits per heavy atom. The highest BCUT2D eigenvalue weighted by Crippen LogP contribution is 2.27. The molecule has 0 unspecified atom stereocenters. The predicted octanol–water partition coefficient (Wildman–Crippen LogP) is 1.75. The molecule has 0 aliphatic rings. The van der Waals surface area contributed by atoms with E-state index in [2.05, 4.69) is 15.8 Å². The number of para-hydroxylation sites is 2. The Morgan fingerprint density at radius 1 is 0.900 bits per heavy atom. The molecule has 0 heterocycles. The average Bonchev–Trinajstić information content (AvgIpc) is 2.77. The smallest absolute Gasteiger partial charge is 0.277 e. The number of methoxy groups -OCH3 is 2. The summed E-state index contributed by atoms with van der Waals surface area (Å²) < 4.78 is 21.3. The van der Waals surface area contributed by atoms with Gasteiger partial charge in [-0.3, -0.25) is 9.59 Å². The van der Waals surface area contributed by atoms with E-state index in [1.807, 2.05) is 6.92 Å². The topological polar surface area (TPSA) is 107 Å². The van der Waals surface area contributed by atoms with E-state index in [1.165, 1.54) is 20.4 Å². The van der Waals surface area contributed by atoms with Crippen molar-refractivity contribution in [2.75, 3.05) is 34.0 Å². The molecule has 2 rings (SSSR count). The average molecular weight is 415 g/mol. The van der Waals surface area contributed by atoms with Gasteiger partial charge in [-0.05, 0) is 42.8 Å². The van der Waals surface area contributed by atoms with Gasteiger partial charge in [0.2, 0.25) is 0 Å². The van der Waals surface area contributed by atoms with Gasteiger partial charge < -0.3 is 24.3 Å². The number of rotatable bonds is 11. The Balaban J connectivity index is 1.87. The first-order valence-corrected chi connectivity index (χ1v) is 9.22. The van der Waals surface area contributed by atoms with Crippen LogP contribution in [-0.4, -0.2) is 52.0 Å². The number of hydrogen-bond donors (Lipinski definition) is 2. The van der Waals surface area contributed by atoms with Crippen LogP contribution in [0.15, 0.2) is 47.6 Å². The fraction of sp³-hybridized carbons (Fsp3) is 0.286. The Morgan fingerprint density at radius 3 is 2.20 bits per heavy atom. The number of likely N-dealkylation sites (N-methyl/N-ethyl adjacent to an activating group) is 1. The van der Waals surface area contributed by atoms with Crippen LogP contribution in [-0.2, 0) is 9.59 Å². The molecular formula is C21H25N3O6. The first-order chi connectivity index (χ1) is 14.6. The fourth-order valence-electron chi connectivity index (χ4n) is 2.37. The number of carbonyl (C=O) groups excluding carboxylic acids is 2. The second-order valence-electron chi connectivity index (χ2n) is 5.89. The van der Waals surface area contributed by atoms with E-state index in [1.54, 1.807) is 42.5 Å². The van der Waals surface area contributed by atoms with Crippen molar-refractivity contribution in [1.82, 2.24) is 10.7 Å². The Labute approximate surface area is 175 Å². The van der Waals surface area contributed by atoms with Crippen LogP contribution < -0.4 is 29.7 Å². The Bertz CT molecular complexity index is 885. The molecule has 0 saturated carbocycles. The first-order valence-electron chi connectivity index (χ1n) is 9.22. The van der Waals surface area contributed by atoms with E-state index in [-0.39, 0.29) is 19.1 Å². The van der Waals surface area contributed by atoms with Crippen molar-refractivity contribution in [3.05, 3.63) is 48.0 Å². The molecule has 2 N–H and O–H groups in total. The normalized spacial score (nSPS) is 10.4. The molecule has 30 heavy (non-hydrogen) atoms. The summed E-state index contributed by atoms with van der Waals surface area (Å²) in [6.45, 7) is 2.04. The van der Waals surface area contributed by atoms with Crippen LogP contribution in [0.4, 0.5) is 0 Å². The number of benzene rings is 2. The Hall–Kier alpha value is -3.75. The van der Waals surface area contributed by atoms with E-state index in [9.17, 15) is 9.59 Å². The number of ether oxygens (including phenoxy) is 4. The lowest BCUT2D eigenvalue weighted by Crippen LogP contribution is -2.28. The van der Waals surface area contributed by atoms with Crippen molar-refractivity contribution in [2.24, 2.45) is 5.10 Å². The van der Waals surface area contributed by atoms with Gasteiger partial charge in [0.15, 0.2) is 36.2 Å². The maximum absolute atomic E-state index is 11.9. The lowest BCUT2D eigenvalue weighted by atomic mass is 10.2. The summed E-state index contributed by atoms with van der Waals surface area (Å²) in [5.74, 6) is 1.22. The molecule has 2 aromatic carbocycles. The summed E-state index contributed by atoms with van der Waals surface area (Å²) in [6, 6.07) is 12.1. The summed E-state index contributed by atoms with van der Waals surface area (Å²) in [7, 11) is 3.02. The maximum Gasteiger partial charge on any atom is 0.277 e. The van der Waals surface area contributed by atoms with Crippen molar-refractivity contribution < 1.29 is 28.5 Å². The molecule has 0 spiro atoms. The maximum atomic E-state index is 11.9. The number of hydrazone groups is 1. The van der Waals surface area contributed by atoms with Gasteiger partial charge in [-0.2, -0.15) is 5.10 Å². The molecule has 0 bridgehead atoms. The molecule has 160 valence electrons. The summed E-state index contributed by atoms with van der Waals surface area (Å²) >= 11 is 0. The van der Waals surface area contributed by atoms with Gasteiger partial charge in [-0.25, -0.2) is 5.43 Å². The van der Waals surface area contributed by atoms with Gasteiger partial charge in [0.25, 0.3) is 11.8 Å². The van der Waals surface area contributed by atoms with E-state index in [0.717, 1.165) is 0 Å². The fourth-order valence-corrected chi connectivity index (χ4v) is 2.37. The number of nitrogens with zero attached hydrogens (tertiary/aromatic N) is 1. The monoisotopic (exact) mass is 415 g/mol. The van der Waals surface area contributed by atoms with Crippen LogP contribution >= 0.6 is 0 Å². The summed E-state index contributed by atoms with van der Waals surface area (Å²) in [5, 5.41) is 6.55. The summed E-state index contributed by atoms with van der Waals surface area (Å²) in [6.07, 6.45) is 1.46. The molecule has 9 heteroatoms. The van der Waals surface area contributed by atoms with Crippen molar-refractivity contribution in [3.63, 3.8) is 0 Å². The Kier molecular flexibility index (Phi) is 8.98. The van der Waals surface area contributed by atoms with Crippen LogP contribution in [0.3, 0.4) is 0 Å². The third-order valence-electron chi connectivity index (χ3n) is 3.75. The molecule has 0 saturated heterocycles. The highest BCUT2D eigenvalue weighted by atomic mass is 16.5. The zero-order valence-electron chi connectivity index (χ0n) is 17.1. The number of amides is 2. The number of hydrogen-bond acceptors (Lipinski definition) is 7. The van der Waals surface area contributed by atoms with Crippen LogP contribution in [0.2, 0.25) is 0 Å². The van der Waals surface area contributed by atoms with Crippen LogP contribution in [0.25, 0.3) is 0 Å². The summed E-state index contributed by atoms with van der Waals surface area (Å²) in [5.41, 5.74) is 3.05. The molecule has 0 fully saturated rings. The molecule has 0 aliphatic carbocycles. The molecule has 9 nitrogen and oxygen atoms in total. The van der Waals surface area contributed by atoms with E-state index in [0.29, 0.717) is 35.1 Å². The van der Waals surface area contributed by atoms with Crippen LogP contribution in [0.5, 0.6) is 23.0 Å². The second kappa shape index (κ2) is 11.9. The van der Waals surface area contributed by atoms with Crippen molar-refractivity contribution >= 4 is 18.0 Å². The van der Waals surface area contributed by atoms with E-state index in [4.69, 9.17) is 18.9 Å². The zero-order chi connectivity index (χ0) is 21.8. The number of carbonyl (C=O) groups is 2. The van der Waals surface area contributed by atoms with Crippen molar-refractivity contribution in [1.29, 1.82) is 0 Å². The molecule has 0 aromatic heterocycles. The van der Waals surface area contributed by atoms with Crippen molar-refractivity contribution in [2.45, 2.75) is 6.92 Å². The zero-order valence-corrected chi connectivity index (χ0v) is 17.1. The van der Waals surface area contributed by atoms with Gasteiger partial charge in [-0.15, -0.1) is 0 Å². The third-order valence-corrected chi connectivity index (χ3v) is 3.75. The van der Waals surface area contributed by atoms with Gasteiger partial charge in [0.05, 0.1) is 20.4 Å². The highest BCUT2D eigenvalue weighted by Gasteiger charge is 2.08. The molecule has 0 aliphatic heterocycles. The quantitative estimate of drug-likeness (QED) is 0.428. The molecule has 0 radical (unpaired) electrons. The standard InChI is InChI=1S/C21H25N3O6/c1-4-22-20(25)13-29-18-10-9-15(11-19(18)28-3)12-23-24-21(26)14-30-17-8-6-5-7-16(17)27-2/h5-12H,4,13-14H2,1-3H3,(H,22,25)(H,24,26)/b23-12-. The highest BCUT2D eigenvalue weighted by molar-refractivity contribution is 5.84. The summed E-state index contributed by atoms with van der Waals surface area (Å²) in [4.78, 5) is 23.4. The predicted molar refractivity (Wildman–Crippen MR) is 111 cm³/mol. The van der Waals surface area contributed by atoms with Crippen LogP contribution in [0.1, 0.15) is 12.5 Å². The van der Waals surface area contributed by atoms with Gasteiger partial charge in [0, 0.05) is 6.54 Å². The minimum atomic E-state index is -0.425. The van der Waals surface area contributed by atoms with E-state index >= 15 is 0 Å². The van der Waals surface area contributed by atoms with Crippen molar-refractivity contribution in [3.8, 4) is 23.0 Å². The molecule has 2 aromatic rings. The minimum absolute atomic E-state index is 0.111. The second-order valence-corrected chi connectivity index (χ2v) is 5.89. The molecule has 0 atom stereocenters. The number of nitrogens with one attached hydrogen (secondary N) is 2. The largest absolute Gasteiger partial charge is 0.493 e. The minimum Gasteiger partial charge on any atom is -0.493 e. The van der Waals surface area contributed by atoms with Crippen LogP contribution in [0, 0.1) is 0 Å². The molecular weight excluding hydrogens is 390 g/mol. The third kappa shape index (κ3) is 7.01. The van der Waals surface area contributed by atoms with E-state index < -0.39 is 5.91 Å².